The summed E-state index contributed by atoms with van der Waals surface area (Å²) in [4.78, 5) is 11.7. The molecule has 0 N–H and O–H groups in total. The van der Waals surface area contributed by atoms with Gasteiger partial charge in [0.2, 0.25) is 0 Å². The number of rotatable bonds is 5. The highest BCUT2D eigenvalue weighted by Crippen LogP contribution is 2.26. The van der Waals surface area contributed by atoms with Crippen LogP contribution in [0.1, 0.15) is 23.2 Å². The fourth-order valence-electron chi connectivity index (χ4n) is 1.21. The van der Waals surface area contributed by atoms with E-state index in [9.17, 15) is 4.79 Å². The number of allylic oxidation sites excluding steroid dienone is 1. The van der Waals surface area contributed by atoms with E-state index < -0.39 is 0 Å². The summed E-state index contributed by atoms with van der Waals surface area (Å²) in [6.07, 6.45) is 2.94. The number of ether oxygens (including phenoxy) is 1. The molecule has 0 spiro atoms. The van der Waals surface area contributed by atoms with Gasteiger partial charge < -0.3 is 4.74 Å². The first-order chi connectivity index (χ1) is 7.19. The topological polar surface area (TPSA) is 26.3 Å². The van der Waals surface area contributed by atoms with Gasteiger partial charge in [0.1, 0.15) is 5.75 Å². The molecule has 1 aromatic rings. The lowest BCUT2D eigenvalue weighted by atomic mass is 10.1. The van der Waals surface area contributed by atoms with Gasteiger partial charge in [-0.1, -0.05) is 12.1 Å². The van der Waals surface area contributed by atoms with Crippen LogP contribution < -0.4 is 4.74 Å². The SMILES string of the molecule is C=CCCC(=O)c1ccc(Br)c(OC)c1. The molecule has 2 nitrogen and oxygen atoms in total. The minimum atomic E-state index is 0.112. The molecule has 0 amide bonds. The highest BCUT2D eigenvalue weighted by molar-refractivity contribution is 9.10. The van der Waals surface area contributed by atoms with E-state index in [1.165, 1.54) is 0 Å². The zero-order valence-corrected chi connectivity index (χ0v) is 10.2. The average Bonchev–Trinajstić information content (AvgIpc) is 2.26. The molecule has 0 radical (unpaired) electrons. The van der Waals surface area contributed by atoms with Gasteiger partial charge >= 0.3 is 0 Å². The van der Waals surface area contributed by atoms with E-state index in [0.717, 1.165) is 4.47 Å². The van der Waals surface area contributed by atoms with Crippen molar-refractivity contribution in [2.45, 2.75) is 12.8 Å². The number of halogens is 1. The number of methoxy groups -OCH3 is 1. The van der Waals surface area contributed by atoms with Gasteiger partial charge in [0, 0.05) is 12.0 Å². The average molecular weight is 269 g/mol. The monoisotopic (exact) mass is 268 g/mol. The Morgan fingerprint density at radius 1 is 1.60 bits per heavy atom. The molecule has 1 aromatic carbocycles. The normalized spacial score (nSPS) is 9.73. The molecule has 0 saturated carbocycles. The molecular formula is C12H13BrO2. The quantitative estimate of drug-likeness (QED) is 0.603. The van der Waals surface area contributed by atoms with E-state index in [-0.39, 0.29) is 5.78 Å². The van der Waals surface area contributed by atoms with Crippen LogP contribution in [-0.4, -0.2) is 12.9 Å². The van der Waals surface area contributed by atoms with Crippen LogP contribution in [0.15, 0.2) is 35.3 Å². The number of ketones is 1. The molecule has 0 heterocycles. The summed E-state index contributed by atoms with van der Waals surface area (Å²) < 4.78 is 5.97. The van der Waals surface area contributed by atoms with Gasteiger partial charge in [0.25, 0.3) is 0 Å². The smallest absolute Gasteiger partial charge is 0.163 e. The number of hydrogen-bond acceptors (Lipinski definition) is 2. The van der Waals surface area contributed by atoms with Crippen molar-refractivity contribution in [2.75, 3.05) is 7.11 Å². The van der Waals surface area contributed by atoms with Crippen LogP contribution in [0.25, 0.3) is 0 Å². The minimum absolute atomic E-state index is 0.112. The molecule has 0 atom stereocenters. The Bertz CT molecular complexity index is 372. The molecule has 0 aliphatic heterocycles. The summed E-state index contributed by atoms with van der Waals surface area (Å²) in [6, 6.07) is 5.35. The van der Waals surface area contributed by atoms with Crippen LogP contribution in [0.3, 0.4) is 0 Å². The number of Topliss-reactive ketones (excluding diaryl/α,β-unsaturated/α-hetero) is 1. The molecule has 0 aliphatic carbocycles. The Morgan fingerprint density at radius 3 is 2.93 bits per heavy atom. The second-order valence-electron chi connectivity index (χ2n) is 3.10. The van der Waals surface area contributed by atoms with E-state index in [1.54, 1.807) is 25.3 Å². The van der Waals surface area contributed by atoms with Crippen molar-refractivity contribution < 1.29 is 9.53 Å². The van der Waals surface area contributed by atoms with Crippen molar-refractivity contribution >= 4 is 21.7 Å². The van der Waals surface area contributed by atoms with E-state index in [0.29, 0.717) is 24.2 Å². The third-order valence-corrected chi connectivity index (χ3v) is 2.70. The molecule has 3 heteroatoms. The molecular weight excluding hydrogens is 256 g/mol. The molecule has 0 fully saturated rings. The van der Waals surface area contributed by atoms with Gasteiger partial charge in [-0.25, -0.2) is 0 Å². The molecule has 15 heavy (non-hydrogen) atoms. The predicted molar refractivity (Wildman–Crippen MR) is 64.5 cm³/mol. The Morgan fingerprint density at radius 2 is 2.33 bits per heavy atom. The minimum Gasteiger partial charge on any atom is -0.496 e. The lowest BCUT2D eigenvalue weighted by molar-refractivity contribution is 0.0983. The number of carbonyl (C=O) groups excluding carboxylic acids is 1. The van der Waals surface area contributed by atoms with Crippen molar-refractivity contribution in [1.82, 2.24) is 0 Å². The first kappa shape index (κ1) is 12.0. The van der Waals surface area contributed by atoms with Crippen LogP contribution >= 0.6 is 15.9 Å². The predicted octanol–water partition coefficient (Wildman–Crippen LogP) is 3.61. The third-order valence-electron chi connectivity index (χ3n) is 2.05. The maximum atomic E-state index is 11.7. The molecule has 0 aliphatic rings. The fraction of sp³-hybridized carbons (Fsp3) is 0.250. The molecule has 0 saturated heterocycles. The van der Waals surface area contributed by atoms with Crippen LogP contribution in [0, 0.1) is 0 Å². The fourth-order valence-corrected chi connectivity index (χ4v) is 1.62. The van der Waals surface area contributed by atoms with Crippen molar-refractivity contribution in [3.8, 4) is 5.75 Å². The summed E-state index contributed by atoms with van der Waals surface area (Å²) in [5.41, 5.74) is 0.678. The second-order valence-corrected chi connectivity index (χ2v) is 3.95. The summed E-state index contributed by atoms with van der Waals surface area (Å²) in [6.45, 7) is 3.59. The zero-order valence-electron chi connectivity index (χ0n) is 8.63. The highest BCUT2D eigenvalue weighted by atomic mass is 79.9. The summed E-state index contributed by atoms with van der Waals surface area (Å²) in [5.74, 6) is 0.792. The first-order valence-corrected chi connectivity index (χ1v) is 5.46. The molecule has 0 bridgehead atoms. The van der Waals surface area contributed by atoms with E-state index in [4.69, 9.17) is 4.74 Å². The van der Waals surface area contributed by atoms with E-state index >= 15 is 0 Å². The van der Waals surface area contributed by atoms with E-state index in [2.05, 4.69) is 22.5 Å². The van der Waals surface area contributed by atoms with Crippen molar-refractivity contribution in [1.29, 1.82) is 0 Å². The first-order valence-electron chi connectivity index (χ1n) is 4.66. The van der Waals surface area contributed by atoms with Crippen molar-refractivity contribution in [3.05, 3.63) is 40.9 Å². The Balaban J connectivity index is 2.85. The molecule has 0 aromatic heterocycles. The maximum absolute atomic E-state index is 11.7. The van der Waals surface area contributed by atoms with Crippen LogP contribution in [0.2, 0.25) is 0 Å². The van der Waals surface area contributed by atoms with Crippen LogP contribution in [0.4, 0.5) is 0 Å². The van der Waals surface area contributed by atoms with Crippen LogP contribution in [0.5, 0.6) is 5.75 Å². The van der Waals surface area contributed by atoms with Crippen molar-refractivity contribution in [3.63, 3.8) is 0 Å². The Labute approximate surface area is 98.1 Å². The van der Waals surface area contributed by atoms with Gasteiger partial charge in [-0.2, -0.15) is 0 Å². The third kappa shape index (κ3) is 3.20. The van der Waals surface area contributed by atoms with Gasteiger partial charge in [0.05, 0.1) is 11.6 Å². The summed E-state index contributed by atoms with van der Waals surface area (Å²) >= 11 is 3.34. The van der Waals surface area contributed by atoms with Gasteiger partial charge in [-0.15, -0.1) is 6.58 Å². The Kier molecular flexibility index (Phi) is 4.56. The molecule has 80 valence electrons. The standard InChI is InChI=1S/C12H13BrO2/c1-3-4-5-11(14)9-6-7-10(13)12(8-9)15-2/h3,6-8H,1,4-5H2,2H3. The van der Waals surface area contributed by atoms with Gasteiger partial charge in [-0.3, -0.25) is 4.79 Å². The van der Waals surface area contributed by atoms with Gasteiger partial charge in [0.15, 0.2) is 5.78 Å². The number of benzene rings is 1. The molecule has 1 rings (SSSR count). The largest absolute Gasteiger partial charge is 0.496 e. The number of hydrogen-bond donors (Lipinski definition) is 0. The summed E-state index contributed by atoms with van der Waals surface area (Å²) in [5, 5.41) is 0. The molecule has 0 unspecified atom stereocenters. The highest BCUT2D eigenvalue weighted by Gasteiger charge is 2.08. The maximum Gasteiger partial charge on any atom is 0.163 e. The zero-order chi connectivity index (χ0) is 11.3. The lowest BCUT2D eigenvalue weighted by Gasteiger charge is -2.05. The summed E-state index contributed by atoms with van der Waals surface area (Å²) in [7, 11) is 1.58. The van der Waals surface area contributed by atoms with Gasteiger partial charge in [-0.05, 0) is 34.5 Å². The second kappa shape index (κ2) is 5.71. The number of carbonyl (C=O) groups is 1. The van der Waals surface area contributed by atoms with E-state index in [1.807, 2.05) is 6.07 Å². The van der Waals surface area contributed by atoms with Crippen molar-refractivity contribution in [2.24, 2.45) is 0 Å². The Hall–Kier alpha value is -1.09. The lowest BCUT2D eigenvalue weighted by Crippen LogP contribution is -1.99. The van der Waals surface area contributed by atoms with Crippen LogP contribution in [-0.2, 0) is 0 Å².